The summed E-state index contributed by atoms with van der Waals surface area (Å²) in [5.74, 6) is 2.27. The second kappa shape index (κ2) is 4.41. The highest BCUT2D eigenvalue weighted by atomic mass is 32.1. The Hall–Kier alpha value is -0.900. The van der Waals surface area contributed by atoms with Crippen LogP contribution in [0.3, 0.4) is 0 Å². The number of aryl methyl sites for hydroxylation is 1. The molecule has 3 rings (SSSR count). The molecule has 1 aromatic rings. The van der Waals surface area contributed by atoms with Crippen LogP contribution in [0, 0.1) is 17.8 Å². The van der Waals surface area contributed by atoms with Gasteiger partial charge >= 0.3 is 0 Å². The van der Waals surface area contributed by atoms with Crippen molar-refractivity contribution in [3.05, 3.63) is 16.1 Å². The van der Waals surface area contributed by atoms with Crippen LogP contribution in [0.2, 0.25) is 0 Å². The van der Waals surface area contributed by atoms with Gasteiger partial charge in [-0.15, -0.1) is 11.3 Å². The number of carbonyl (C=O) groups is 1. The highest BCUT2D eigenvalue weighted by molar-refractivity contribution is 7.11. The zero-order chi connectivity index (χ0) is 11.8. The van der Waals surface area contributed by atoms with Gasteiger partial charge in [0, 0.05) is 17.0 Å². The predicted octanol–water partition coefficient (Wildman–Crippen LogP) is 2.37. The molecule has 4 heteroatoms. The second-order valence-corrected chi connectivity index (χ2v) is 6.42. The van der Waals surface area contributed by atoms with Crippen LogP contribution in [0.4, 0.5) is 0 Å². The van der Waals surface area contributed by atoms with Gasteiger partial charge in [0.05, 0.1) is 6.54 Å². The zero-order valence-corrected chi connectivity index (χ0v) is 10.9. The van der Waals surface area contributed by atoms with E-state index in [1.807, 2.05) is 6.20 Å². The largest absolute Gasteiger partial charge is 0.349 e. The number of hydrogen-bond donors (Lipinski definition) is 1. The molecule has 2 aliphatic carbocycles. The molecule has 1 amide bonds. The summed E-state index contributed by atoms with van der Waals surface area (Å²) in [7, 11) is 0. The van der Waals surface area contributed by atoms with Crippen molar-refractivity contribution in [2.45, 2.75) is 39.2 Å². The van der Waals surface area contributed by atoms with Crippen molar-refractivity contribution in [1.82, 2.24) is 10.3 Å². The summed E-state index contributed by atoms with van der Waals surface area (Å²) in [6.45, 7) is 2.73. The second-order valence-electron chi connectivity index (χ2n) is 5.22. The van der Waals surface area contributed by atoms with Crippen LogP contribution in [0.25, 0.3) is 0 Å². The Bertz CT molecular complexity index is 419. The Balaban J connectivity index is 1.48. The minimum Gasteiger partial charge on any atom is -0.349 e. The Morgan fingerprint density at radius 2 is 2.24 bits per heavy atom. The molecule has 2 unspecified atom stereocenters. The van der Waals surface area contributed by atoms with E-state index in [0.29, 0.717) is 6.54 Å². The lowest BCUT2D eigenvalue weighted by Crippen LogP contribution is -2.29. The Labute approximate surface area is 106 Å². The first-order chi connectivity index (χ1) is 8.26. The number of amides is 1. The van der Waals surface area contributed by atoms with Crippen LogP contribution < -0.4 is 5.32 Å². The molecule has 0 saturated heterocycles. The summed E-state index contributed by atoms with van der Waals surface area (Å²) in [4.78, 5) is 17.5. The van der Waals surface area contributed by atoms with Crippen molar-refractivity contribution in [3.8, 4) is 0 Å². The summed E-state index contributed by atoms with van der Waals surface area (Å²) in [6, 6.07) is 0. The fourth-order valence-electron chi connectivity index (χ4n) is 2.83. The minimum absolute atomic E-state index is 0.241. The molecule has 1 N–H and O–H groups in total. The first kappa shape index (κ1) is 11.2. The quantitative estimate of drug-likeness (QED) is 0.891. The summed E-state index contributed by atoms with van der Waals surface area (Å²) in [6.07, 6.45) is 6.55. The lowest BCUT2D eigenvalue weighted by Gasteiger charge is -2.11. The third-order valence-electron chi connectivity index (χ3n) is 3.98. The Morgan fingerprint density at radius 3 is 2.88 bits per heavy atom. The molecule has 3 nitrogen and oxygen atoms in total. The molecule has 1 heterocycles. The van der Waals surface area contributed by atoms with Crippen molar-refractivity contribution >= 4 is 17.2 Å². The Morgan fingerprint density at radius 1 is 1.47 bits per heavy atom. The maximum Gasteiger partial charge on any atom is 0.223 e. The fraction of sp³-hybridized carbons (Fsp3) is 0.692. The number of rotatable bonds is 4. The molecule has 17 heavy (non-hydrogen) atoms. The topological polar surface area (TPSA) is 42.0 Å². The minimum atomic E-state index is 0.241. The molecular weight excluding hydrogens is 232 g/mol. The van der Waals surface area contributed by atoms with Crippen molar-refractivity contribution in [3.63, 3.8) is 0 Å². The van der Waals surface area contributed by atoms with Crippen LogP contribution in [0.5, 0.6) is 0 Å². The van der Waals surface area contributed by atoms with Gasteiger partial charge in [0.15, 0.2) is 0 Å². The smallest absolute Gasteiger partial charge is 0.223 e. The highest BCUT2D eigenvalue weighted by Crippen LogP contribution is 2.54. The average Bonchev–Trinajstić information content (AvgIpc) is 2.82. The lowest BCUT2D eigenvalue weighted by atomic mass is 10.0. The van der Waals surface area contributed by atoms with E-state index in [9.17, 15) is 4.79 Å². The normalized spacial score (nSPS) is 30.1. The van der Waals surface area contributed by atoms with Gasteiger partial charge in [-0.2, -0.15) is 0 Å². The number of thiazole rings is 1. The molecule has 92 valence electrons. The fourth-order valence-corrected chi connectivity index (χ4v) is 3.63. The molecule has 2 saturated carbocycles. The van der Waals surface area contributed by atoms with E-state index >= 15 is 0 Å². The number of nitrogens with one attached hydrogen (secondary N) is 1. The molecule has 0 aliphatic heterocycles. The van der Waals surface area contributed by atoms with E-state index < -0.39 is 0 Å². The van der Waals surface area contributed by atoms with Gasteiger partial charge in [-0.3, -0.25) is 4.79 Å². The van der Waals surface area contributed by atoms with Crippen molar-refractivity contribution in [2.24, 2.45) is 17.8 Å². The van der Waals surface area contributed by atoms with E-state index in [1.54, 1.807) is 11.3 Å². The number of fused-ring (bicyclic) bond motifs is 1. The Kier molecular flexibility index (Phi) is 2.90. The van der Waals surface area contributed by atoms with E-state index in [4.69, 9.17) is 0 Å². The lowest BCUT2D eigenvalue weighted by molar-refractivity contribution is -0.125. The first-order valence-electron chi connectivity index (χ1n) is 6.47. The van der Waals surface area contributed by atoms with Crippen molar-refractivity contribution in [2.75, 3.05) is 0 Å². The maximum atomic E-state index is 11.9. The van der Waals surface area contributed by atoms with E-state index in [0.717, 1.165) is 36.1 Å². The molecule has 2 aliphatic rings. The third-order valence-corrected chi connectivity index (χ3v) is 5.12. The molecule has 0 aromatic carbocycles. The molecule has 2 atom stereocenters. The monoisotopic (exact) mass is 250 g/mol. The highest BCUT2D eigenvalue weighted by Gasteiger charge is 2.47. The zero-order valence-electron chi connectivity index (χ0n) is 10.1. The maximum absolute atomic E-state index is 11.9. The summed E-state index contributed by atoms with van der Waals surface area (Å²) in [5.41, 5.74) is 0. The standard InChI is InChI=1S/C13H18N2OS/c1-2-11-6-14-12(17-11)7-15-13(16)10-4-8-3-9(8)5-10/h6,8-10H,2-5,7H2,1H3,(H,15,16). The van der Waals surface area contributed by atoms with Gasteiger partial charge in [-0.1, -0.05) is 6.92 Å². The predicted molar refractivity (Wildman–Crippen MR) is 67.7 cm³/mol. The third kappa shape index (κ3) is 2.37. The van der Waals surface area contributed by atoms with Gasteiger partial charge in [0.1, 0.15) is 5.01 Å². The molecule has 0 bridgehead atoms. The summed E-state index contributed by atoms with van der Waals surface area (Å²) < 4.78 is 0. The molecular formula is C13H18N2OS. The first-order valence-corrected chi connectivity index (χ1v) is 7.29. The number of hydrogen-bond acceptors (Lipinski definition) is 3. The van der Waals surface area contributed by atoms with Gasteiger partial charge in [-0.05, 0) is 37.5 Å². The molecule has 0 spiro atoms. The summed E-state index contributed by atoms with van der Waals surface area (Å²) >= 11 is 1.70. The van der Waals surface area contributed by atoms with Crippen LogP contribution in [0.1, 0.15) is 36.1 Å². The van der Waals surface area contributed by atoms with Crippen molar-refractivity contribution < 1.29 is 4.79 Å². The van der Waals surface area contributed by atoms with E-state index in [1.165, 1.54) is 11.3 Å². The SMILES string of the molecule is CCc1cnc(CNC(=O)C2CC3CC3C2)s1. The number of carbonyl (C=O) groups excluding carboxylic acids is 1. The summed E-state index contributed by atoms with van der Waals surface area (Å²) in [5, 5.41) is 4.05. The molecule has 1 aromatic heterocycles. The van der Waals surface area contributed by atoms with Gasteiger partial charge < -0.3 is 5.32 Å². The van der Waals surface area contributed by atoms with Gasteiger partial charge in [-0.25, -0.2) is 4.98 Å². The van der Waals surface area contributed by atoms with Crippen LogP contribution in [-0.2, 0) is 17.8 Å². The van der Waals surface area contributed by atoms with E-state index in [-0.39, 0.29) is 11.8 Å². The van der Waals surface area contributed by atoms with Gasteiger partial charge in [0.2, 0.25) is 5.91 Å². The van der Waals surface area contributed by atoms with Crippen LogP contribution in [-0.4, -0.2) is 10.9 Å². The van der Waals surface area contributed by atoms with Crippen LogP contribution >= 0.6 is 11.3 Å². The van der Waals surface area contributed by atoms with E-state index in [2.05, 4.69) is 17.2 Å². The van der Waals surface area contributed by atoms with Crippen LogP contribution in [0.15, 0.2) is 6.20 Å². The average molecular weight is 250 g/mol. The molecule has 0 radical (unpaired) electrons. The van der Waals surface area contributed by atoms with Gasteiger partial charge in [0.25, 0.3) is 0 Å². The number of nitrogens with zero attached hydrogens (tertiary/aromatic N) is 1. The number of aromatic nitrogens is 1. The van der Waals surface area contributed by atoms with Crippen molar-refractivity contribution in [1.29, 1.82) is 0 Å². The molecule has 2 fully saturated rings.